The number of carbonyl (C=O) groups is 1. The van der Waals surface area contributed by atoms with Crippen molar-refractivity contribution in [1.29, 1.82) is 0 Å². The number of aliphatic hydroxyl groups is 1. The molecular formula is C18H25N3O2. The second-order valence-electron chi connectivity index (χ2n) is 6.65. The first-order valence-electron chi connectivity index (χ1n) is 8.43. The number of nitrogens with zero attached hydrogens (tertiary/aromatic N) is 3. The van der Waals surface area contributed by atoms with Crippen LogP contribution < -0.4 is 5.01 Å². The Labute approximate surface area is 137 Å². The summed E-state index contributed by atoms with van der Waals surface area (Å²) < 4.78 is 0. The quantitative estimate of drug-likeness (QED) is 0.932. The molecule has 0 bridgehead atoms. The van der Waals surface area contributed by atoms with Crippen molar-refractivity contribution in [2.45, 2.75) is 39.2 Å². The van der Waals surface area contributed by atoms with E-state index in [9.17, 15) is 9.90 Å². The highest BCUT2D eigenvalue weighted by atomic mass is 16.3. The molecule has 2 atom stereocenters. The number of piperidine rings is 1. The Hall–Kier alpha value is -1.88. The van der Waals surface area contributed by atoms with Gasteiger partial charge in [-0.05, 0) is 51.0 Å². The third-order valence-electron chi connectivity index (χ3n) is 4.82. The van der Waals surface area contributed by atoms with Gasteiger partial charge in [0, 0.05) is 43.2 Å². The molecular weight excluding hydrogens is 290 g/mol. The number of aliphatic hydroxyl groups excluding tert-OH is 1. The van der Waals surface area contributed by atoms with Crippen LogP contribution in [0.1, 0.15) is 43.5 Å². The smallest absolute Gasteiger partial charge is 0.253 e. The van der Waals surface area contributed by atoms with E-state index in [0.717, 1.165) is 43.8 Å². The van der Waals surface area contributed by atoms with Crippen molar-refractivity contribution >= 4 is 17.3 Å². The molecule has 124 valence electrons. The van der Waals surface area contributed by atoms with E-state index in [1.807, 2.05) is 48.0 Å². The summed E-state index contributed by atoms with van der Waals surface area (Å²) in [5, 5.41) is 16.2. The molecule has 0 spiro atoms. The molecule has 23 heavy (non-hydrogen) atoms. The number of amides is 1. The molecule has 0 saturated carbocycles. The van der Waals surface area contributed by atoms with Gasteiger partial charge in [0.05, 0.1) is 11.8 Å². The highest BCUT2D eigenvalue weighted by Crippen LogP contribution is 2.23. The third kappa shape index (κ3) is 3.55. The molecule has 1 aromatic carbocycles. The average molecular weight is 315 g/mol. The van der Waals surface area contributed by atoms with E-state index in [4.69, 9.17) is 0 Å². The SMILES string of the molecule is CC1=NN(c2ccc(C(=O)N3CCCC(C(C)O)C3)cc2)CC1. The zero-order valence-electron chi connectivity index (χ0n) is 13.9. The molecule has 1 aromatic rings. The van der Waals surface area contributed by atoms with E-state index in [-0.39, 0.29) is 17.9 Å². The molecule has 2 unspecified atom stereocenters. The van der Waals surface area contributed by atoms with Crippen LogP contribution in [0.4, 0.5) is 5.69 Å². The first kappa shape index (κ1) is 16.0. The van der Waals surface area contributed by atoms with Gasteiger partial charge in [-0.25, -0.2) is 0 Å². The van der Waals surface area contributed by atoms with Gasteiger partial charge in [-0.2, -0.15) is 5.10 Å². The van der Waals surface area contributed by atoms with Gasteiger partial charge >= 0.3 is 0 Å². The predicted molar refractivity (Wildman–Crippen MR) is 91.8 cm³/mol. The fourth-order valence-corrected chi connectivity index (χ4v) is 3.31. The molecule has 3 rings (SSSR count). The summed E-state index contributed by atoms with van der Waals surface area (Å²) in [6, 6.07) is 7.69. The largest absolute Gasteiger partial charge is 0.393 e. The molecule has 0 aliphatic carbocycles. The molecule has 1 fully saturated rings. The van der Waals surface area contributed by atoms with Crippen LogP contribution in [0.25, 0.3) is 0 Å². The number of likely N-dealkylation sites (tertiary alicyclic amines) is 1. The van der Waals surface area contributed by atoms with E-state index in [0.29, 0.717) is 12.1 Å². The Kier molecular flexibility index (Phi) is 4.66. The van der Waals surface area contributed by atoms with Gasteiger partial charge in [-0.3, -0.25) is 9.80 Å². The maximum absolute atomic E-state index is 12.7. The van der Waals surface area contributed by atoms with Crippen LogP contribution in [0.5, 0.6) is 0 Å². The number of hydrazone groups is 1. The standard InChI is InChI=1S/C18H25N3O2/c1-13-9-11-21(19-13)17-7-5-15(6-8-17)18(23)20-10-3-4-16(12-20)14(2)22/h5-8,14,16,22H,3-4,9-12H2,1-2H3. The third-order valence-corrected chi connectivity index (χ3v) is 4.82. The Bertz CT molecular complexity index is 595. The van der Waals surface area contributed by atoms with Crippen LogP contribution in [-0.4, -0.2) is 47.4 Å². The average Bonchev–Trinajstić information content (AvgIpc) is 3.01. The maximum Gasteiger partial charge on any atom is 0.253 e. The van der Waals surface area contributed by atoms with Crippen molar-refractivity contribution in [3.63, 3.8) is 0 Å². The Balaban J connectivity index is 1.68. The molecule has 1 amide bonds. The highest BCUT2D eigenvalue weighted by molar-refractivity contribution is 5.94. The van der Waals surface area contributed by atoms with Crippen molar-refractivity contribution < 1.29 is 9.90 Å². The van der Waals surface area contributed by atoms with Gasteiger partial charge in [-0.15, -0.1) is 0 Å². The number of hydrogen-bond donors (Lipinski definition) is 1. The first-order chi connectivity index (χ1) is 11.0. The number of rotatable bonds is 3. The van der Waals surface area contributed by atoms with Crippen LogP contribution in [-0.2, 0) is 0 Å². The zero-order chi connectivity index (χ0) is 16.4. The molecule has 5 nitrogen and oxygen atoms in total. The number of hydrogen-bond acceptors (Lipinski definition) is 4. The Morgan fingerprint density at radius 1 is 1.30 bits per heavy atom. The van der Waals surface area contributed by atoms with Crippen molar-refractivity contribution in [3.05, 3.63) is 29.8 Å². The molecule has 1 saturated heterocycles. The van der Waals surface area contributed by atoms with Gasteiger partial charge in [0.1, 0.15) is 0 Å². The number of carbonyl (C=O) groups excluding carboxylic acids is 1. The monoisotopic (exact) mass is 315 g/mol. The molecule has 0 aromatic heterocycles. The lowest BCUT2D eigenvalue weighted by Crippen LogP contribution is -2.42. The van der Waals surface area contributed by atoms with Crippen molar-refractivity contribution in [2.75, 3.05) is 24.6 Å². The fraction of sp³-hybridized carbons (Fsp3) is 0.556. The molecule has 1 N–H and O–H groups in total. The van der Waals surface area contributed by atoms with Gasteiger partial charge in [0.15, 0.2) is 0 Å². The van der Waals surface area contributed by atoms with Gasteiger partial charge in [-0.1, -0.05) is 0 Å². The highest BCUT2D eigenvalue weighted by Gasteiger charge is 2.27. The van der Waals surface area contributed by atoms with Gasteiger partial charge in [0.25, 0.3) is 5.91 Å². The lowest BCUT2D eigenvalue weighted by Gasteiger charge is -2.34. The summed E-state index contributed by atoms with van der Waals surface area (Å²) >= 11 is 0. The van der Waals surface area contributed by atoms with E-state index in [1.54, 1.807) is 0 Å². The summed E-state index contributed by atoms with van der Waals surface area (Å²) in [6.07, 6.45) is 2.59. The Morgan fingerprint density at radius 2 is 2.04 bits per heavy atom. The molecule has 2 aliphatic rings. The van der Waals surface area contributed by atoms with Crippen LogP contribution in [0, 0.1) is 5.92 Å². The molecule has 2 aliphatic heterocycles. The van der Waals surface area contributed by atoms with E-state index >= 15 is 0 Å². The van der Waals surface area contributed by atoms with Crippen molar-refractivity contribution in [1.82, 2.24) is 4.90 Å². The topological polar surface area (TPSA) is 56.1 Å². The van der Waals surface area contributed by atoms with Crippen molar-refractivity contribution in [2.24, 2.45) is 11.0 Å². The number of benzene rings is 1. The summed E-state index contributed by atoms with van der Waals surface area (Å²) in [5.74, 6) is 0.247. The fourth-order valence-electron chi connectivity index (χ4n) is 3.31. The second-order valence-corrected chi connectivity index (χ2v) is 6.65. The van der Waals surface area contributed by atoms with E-state index in [2.05, 4.69) is 5.10 Å². The zero-order valence-corrected chi connectivity index (χ0v) is 13.9. The van der Waals surface area contributed by atoms with Crippen LogP contribution >= 0.6 is 0 Å². The Morgan fingerprint density at radius 3 is 2.65 bits per heavy atom. The summed E-state index contributed by atoms with van der Waals surface area (Å²) in [4.78, 5) is 14.5. The lowest BCUT2D eigenvalue weighted by molar-refractivity contribution is 0.0466. The van der Waals surface area contributed by atoms with E-state index in [1.165, 1.54) is 0 Å². The summed E-state index contributed by atoms with van der Waals surface area (Å²) in [5.41, 5.74) is 2.88. The van der Waals surface area contributed by atoms with Gasteiger partial charge in [0.2, 0.25) is 0 Å². The van der Waals surface area contributed by atoms with Crippen LogP contribution in [0.15, 0.2) is 29.4 Å². The molecule has 0 radical (unpaired) electrons. The van der Waals surface area contributed by atoms with E-state index < -0.39 is 0 Å². The maximum atomic E-state index is 12.7. The lowest BCUT2D eigenvalue weighted by atomic mass is 9.93. The van der Waals surface area contributed by atoms with Crippen LogP contribution in [0.3, 0.4) is 0 Å². The minimum atomic E-state index is -0.357. The van der Waals surface area contributed by atoms with Crippen LogP contribution in [0.2, 0.25) is 0 Å². The van der Waals surface area contributed by atoms with Crippen molar-refractivity contribution in [3.8, 4) is 0 Å². The number of anilines is 1. The minimum absolute atomic E-state index is 0.0583. The first-order valence-corrected chi connectivity index (χ1v) is 8.43. The van der Waals surface area contributed by atoms with Gasteiger partial charge < -0.3 is 10.0 Å². The normalized spacial score (nSPS) is 22.9. The molecule has 5 heteroatoms. The second kappa shape index (κ2) is 6.71. The molecule has 2 heterocycles. The minimum Gasteiger partial charge on any atom is -0.393 e. The summed E-state index contributed by atoms with van der Waals surface area (Å²) in [6.45, 7) is 6.17. The predicted octanol–water partition coefficient (Wildman–Crippen LogP) is 2.51. The summed E-state index contributed by atoms with van der Waals surface area (Å²) in [7, 11) is 0.